The fourth-order valence-corrected chi connectivity index (χ4v) is 0.571. The molecule has 0 aromatic heterocycles. The summed E-state index contributed by atoms with van der Waals surface area (Å²) in [7, 11) is 0. The number of hydrogen-bond acceptors (Lipinski definition) is 1. The fraction of sp³-hybridized carbons (Fsp3) is 1.00. The molecule has 7 heavy (non-hydrogen) atoms. The highest BCUT2D eigenvalue weighted by molar-refractivity contribution is 4.38. The Morgan fingerprint density at radius 2 is 1.86 bits per heavy atom. The van der Waals surface area contributed by atoms with Gasteiger partial charge in [0.15, 0.2) is 0 Å². The van der Waals surface area contributed by atoms with E-state index in [-0.39, 0.29) is 0 Å². The van der Waals surface area contributed by atoms with E-state index in [0.29, 0.717) is 0 Å². The summed E-state index contributed by atoms with van der Waals surface area (Å²) in [5.74, 6) is 0. The van der Waals surface area contributed by atoms with E-state index in [1.54, 1.807) is 0 Å². The van der Waals surface area contributed by atoms with E-state index in [4.69, 9.17) is 5.73 Å². The quantitative estimate of drug-likeness (QED) is 0.422. The summed E-state index contributed by atoms with van der Waals surface area (Å²) in [6.45, 7) is 3.07. The molecule has 2 N–H and O–H groups in total. The van der Waals surface area contributed by atoms with Crippen molar-refractivity contribution < 1.29 is 0 Å². The first-order valence-corrected chi connectivity index (χ1v) is 3.12. The van der Waals surface area contributed by atoms with Crippen LogP contribution < -0.4 is 5.73 Å². The molecule has 0 aromatic rings. The molecule has 0 aliphatic carbocycles. The topological polar surface area (TPSA) is 26.0 Å². The minimum absolute atomic E-state index is 0.861. The van der Waals surface area contributed by atoms with E-state index in [1.165, 1.54) is 25.7 Å². The number of rotatable bonds is 4. The van der Waals surface area contributed by atoms with Crippen molar-refractivity contribution in [3.8, 4) is 0 Å². The van der Waals surface area contributed by atoms with E-state index in [2.05, 4.69) is 6.92 Å². The summed E-state index contributed by atoms with van der Waals surface area (Å²) >= 11 is 0. The van der Waals surface area contributed by atoms with Crippen LogP contribution in [0.5, 0.6) is 0 Å². The van der Waals surface area contributed by atoms with Gasteiger partial charge in [0.2, 0.25) is 0 Å². The van der Waals surface area contributed by atoms with Crippen LogP contribution >= 0.6 is 0 Å². The van der Waals surface area contributed by atoms with Gasteiger partial charge in [0.1, 0.15) is 0 Å². The normalized spacial score (nSPS) is 9.43. The Labute approximate surface area is 45.9 Å². The molecule has 0 atom stereocenters. The minimum Gasteiger partial charge on any atom is -0.330 e. The van der Waals surface area contributed by atoms with Gasteiger partial charge in [-0.05, 0) is 13.0 Å². The van der Waals surface area contributed by atoms with E-state index in [0.717, 1.165) is 6.54 Å². The summed E-state index contributed by atoms with van der Waals surface area (Å²) in [5, 5.41) is 0. The maximum atomic E-state index is 5.27. The Bertz CT molecular complexity index is 23.4. The Morgan fingerprint density at radius 1 is 1.14 bits per heavy atom. The molecule has 44 valence electrons. The largest absolute Gasteiger partial charge is 0.330 e. The Balaban J connectivity index is 2.45. The summed E-state index contributed by atoms with van der Waals surface area (Å²) in [4.78, 5) is 0. The van der Waals surface area contributed by atoms with Gasteiger partial charge in [0.25, 0.3) is 0 Å². The molecule has 0 fully saturated rings. The Morgan fingerprint density at radius 3 is 2.29 bits per heavy atom. The highest BCUT2D eigenvalue weighted by atomic mass is 15.3. The summed E-state index contributed by atoms with van der Waals surface area (Å²) in [6.07, 6.45) is 5.16. The van der Waals surface area contributed by atoms with Crippen LogP contribution in [0.2, 0.25) is 0 Å². The smallest absolute Gasteiger partial charge is 0.00773 e. The SMILES string of the molecule is CCCCCC[15NH2]. The predicted molar refractivity (Wildman–Crippen MR) is 33.2 cm³/mol. The molecule has 0 amide bonds. The second-order valence-corrected chi connectivity index (χ2v) is 1.85. The van der Waals surface area contributed by atoms with Gasteiger partial charge in [-0.3, -0.25) is 0 Å². The average Bonchev–Trinajstić information content (AvgIpc) is 1.69. The third-order valence-electron chi connectivity index (χ3n) is 1.06. The average molecular weight is 102 g/mol. The van der Waals surface area contributed by atoms with Gasteiger partial charge < -0.3 is 5.73 Å². The Kier molecular flexibility index (Phi) is 5.93. The van der Waals surface area contributed by atoms with Crippen LogP contribution in [0.25, 0.3) is 0 Å². The first-order chi connectivity index (χ1) is 3.41. The van der Waals surface area contributed by atoms with Crippen molar-refractivity contribution in [3.63, 3.8) is 0 Å². The molecule has 0 aromatic carbocycles. The lowest BCUT2D eigenvalue weighted by Gasteiger charge is -1.90. The molecule has 0 saturated carbocycles. The predicted octanol–water partition coefficient (Wildman–Crippen LogP) is 1.53. The highest BCUT2D eigenvalue weighted by Gasteiger charge is 1.80. The highest BCUT2D eigenvalue weighted by Crippen LogP contribution is 1.95. The molecule has 0 heterocycles. The van der Waals surface area contributed by atoms with Gasteiger partial charge in [0, 0.05) is 0 Å². The Hall–Kier alpha value is -0.0400. The van der Waals surface area contributed by atoms with Crippen molar-refractivity contribution in [2.24, 2.45) is 5.73 Å². The second-order valence-electron chi connectivity index (χ2n) is 1.85. The van der Waals surface area contributed by atoms with Crippen molar-refractivity contribution in [2.45, 2.75) is 32.6 Å². The minimum atomic E-state index is 0.861. The number of unbranched alkanes of at least 4 members (excludes halogenated alkanes) is 3. The summed E-state index contributed by atoms with van der Waals surface area (Å²) in [6, 6.07) is 0. The molecular weight excluding hydrogens is 87.1 g/mol. The maximum Gasteiger partial charge on any atom is -0.00773 e. The van der Waals surface area contributed by atoms with E-state index in [1.807, 2.05) is 0 Å². The molecule has 0 aliphatic rings. The van der Waals surface area contributed by atoms with Crippen LogP contribution in [0.1, 0.15) is 32.6 Å². The van der Waals surface area contributed by atoms with Crippen LogP contribution in [-0.2, 0) is 0 Å². The third-order valence-corrected chi connectivity index (χ3v) is 1.06. The first-order valence-electron chi connectivity index (χ1n) is 3.12. The zero-order valence-corrected chi connectivity index (χ0v) is 5.11. The fourth-order valence-electron chi connectivity index (χ4n) is 0.571. The van der Waals surface area contributed by atoms with Gasteiger partial charge >= 0.3 is 0 Å². The molecule has 0 unspecified atom stereocenters. The lowest BCUT2D eigenvalue weighted by atomic mass is 10.2. The van der Waals surface area contributed by atoms with Gasteiger partial charge in [-0.2, -0.15) is 0 Å². The van der Waals surface area contributed by atoms with E-state index in [9.17, 15) is 0 Å². The summed E-state index contributed by atoms with van der Waals surface area (Å²) < 4.78 is 0. The van der Waals surface area contributed by atoms with Crippen LogP contribution in [0, 0.1) is 0 Å². The third kappa shape index (κ3) is 5.96. The van der Waals surface area contributed by atoms with Crippen molar-refractivity contribution >= 4 is 0 Å². The zero-order chi connectivity index (χ0) is 5.54. The standard InChI is InChI=1S/C6H15N/c1-2-3-4-5-6-7/h2-7H2,1H3/i7+1. The van der Waals surface area contributed by atoms with Crippen LogP contribution in [0.3, 0.4) is 0 Å². The lowest BCUT2D eigenvalue weighted by molar-refractivity contribution is 0.674. The second kappa shape index (κ2) is 5.96. The van der Waals surface area contributed by atoms with Crippen molar-refractivity contribution in [2.75, 3.05) is 6.54 Å². The number of hydrogen-bond donors (Lipinski definition) is 1. The van der Waals surface area contributed by atoms with Crippen molar-refractivity contribution in [3.05, 3.63) is 0 Å². The molecule has 1 heteroatoms. The molecule has 0 rings (SSSR count). The molecule has 0 radical (unpaired) electrons. The van der Waals surface area contributed by atoms with Crippen LogP contribution in [0.15, 0.2) is 0 Å². The van der Waals surface area contributed by atoms with Crippen LogP contribution in [-0.4, -0.2) is 6.54 Å². The molecule has 0 aliphatic heterocycles. The molecule has 0 bridgehead atoms. The molecule has 1 nitrogen and oxygen atoms in total. The monoisotopic (exact) mass is 102 g/mol. The number of nitrogens with two attached hydrogens (primary N) is 1. The van der Waals surface area contributed by atoms with Crippen LogP contribution in [0.4, 0.5) is 0 Å². The van der Waals surface area contributed by atoms with E-state index < -0.39 is 0 Å². The van der Waals surface area contributed by atoms with Gasteiger partial charge in [-0.15, -0.1) is 0 Å². The van der Waals surface area contributed by atoms with E-state index >= 15 is 0 Å². The molecular formula is C6H15N. The van der Waals surface area contributed by atoms with Gasteiger partial charge in [-0.1, -0.05) is 26.2 Å². The zero-order valence-electron chi connectivity index (χ0n) is 5.11. The first kappa shape index (κ1) is 6.96. The maximum absolute atomic E-state index is 5.27. The lowest BCUT2D eigenvalue weighted by Crippen LogP contribution is -1.97. The summed E-state index contributed by atoms with van der Waals surface area (Å²) in [5.41, 5.74) is 5.27. The van der Waals surface area contributed by atoms with Crippen molar-refractivity contribution in [1.82, 2.24) is 0 Å². The molecule has 0 saturated heterocycles. The van der Waals surface area contributed by atoms with Gasteiger partial charge in [-0.25, -0.2) is 0 Å². The van der Waals surface area contributed by atoms with Gasteiger partial charge in [0.05, 0.1) is 0 Å². The van der Waals surface area contributed by atoms with Crippen molar-refractivity contribution in [1.29, 1.82) is 0 Å². The molecule has 0 spiro atoms.